The highest BCUT2D eigenvalue weighted by Gasteiger charge is 2.21. The molecule has 0 amide bonds. The van der Waals surface area contributed by atoms with Gasteiger partial charge in [0, 0.05) is 11.5 Å². The van der Waals surface area contributed by atoms with E-state index in [2.05, 4.69) is 5.10 Å². The molecule has 1 N–H and O–H groups in total. The topological polar surface area (TPSA) is 55.1 Å². The van der Waals surface area contributed by atoms with E-state index >= 15 is 0 Å². The van der Waals surface area contributed by atoms with Crippen LogP contribution in [-0.4, -0.2) is 14.9 Å². The maximum atomic E-state index is 13.7. The largest absolute Gasteiger partial charge is 0.386 e. The van der Waals surface area contributed by atoms with Crippen LogP contribution in [0.4, 0.5) is 8.78 Å². The van der Waals surface area contributed by atoms with Crippen molar-refractivity contribution in [2.24, 2.45) is 0 Å². The van der Waals surface area contributed by atoms with Crippen LogP contribution < -0.4 is 5.56 Å². The summed E-state index contributed by atoms with van der Waals surface area (Å²) in [5.41, 5.74) is -0.543. The molecule has 0 aliphatic rings. The molecular formula is C16H18F2N2O2. The van der Waals surface area contributed by atoms with Crippen molar-refractivity contribution in [2.75, 3.05) is 0 Å². The van der Waals surface area contributed by atoms with E-state index in [9.17, 15) is 18.7 Å². The molecule has 2 aromatic rings. The van der Waals surface area contributed by atoms with Gasteiger partial charge in [-0.05, 0) is 18.2 Å². The summed E-state index contributed by atoms with van der Waals surface area (Å²) in [6.07, 6.45) is -1.50. The van der Waals surface area contributed by atoms with E-state index < -0.39 is 28.9 Å². The quantitative estimate of drug-likeness (QED) is 0.948. The Bertz CT molecular complexity index is 715. The van der Waals surface area contributed by atoms with Gasteiger partial charge in [-0.15, -0.1) is 0 Å². The summed E-state index contributed by atoms with van der Waals surface area (Å²) in [5, 5.41) is 14.2. The SMILES string of the molecule is CC(C)(C)c1ccc(=O)n(CC(O)c2c(F)cccc2F)n1. The second-order valence-corrected chi connectivity index (χ2v) is 6.14. The van der Waals surface area contributed by atoms with Crippen LogP contribution in [0.15, 0.2) is 35.1 Å². The summed E-state index contributed by atoms with van der Waals surface area (Å²) in [6.45, 7) is 5.46. The molecule has 118 valence electrons. The molecule has 6 heteroatoms. The van der Waals surface area contributed by atoms with E-state index in [4.69, 9.17) is 0 Å². The fourth-order valence-electron chi connectivity index (χ4n) is 2.06. The van der Waals surface area contributed by atoms with Gasteiger partial charge in [0.1, 0.15) is 17.7 Å². The lowest BCUT2D eigenvalue weighted by atomic mass is 9.92. The molecule has 1 heterocycles. The van der Waals surface area contributed by atoms with Crippen LogP contribution in [-0.2, 0) is 12.0 Å². The molecule has 2 rings (SSSR count). The normalized spacial score (nSPS) is 13.2. The van der Waals surface area contributed by atoms with Crippen LogP contribution in [0.25, 0.3) is 0 Å². The van der Waals surface area contributed by atoms with Crippen molar-refractivity contribution >= 4 is 0 Å². The van der Waals surface area contributed by atoms with Gasteiger partial charge in [-0.2, -0.15) is 5.10 Å². The van der Waals surface area contributed by atoms with Crippen molar-refractivity contribution in [1.82, 2.24) is 9.78 Å². The number of benzene rings is 1. The Kier molecular flexibility index (Phi) is 4.42. The Labute approximate surface area is 127 Å². The van der Waals surface area contributed by atoms with Gasteiger partial charge in [0.15, 0.2) is 0 Å². The van der Waals surface area contributed by atoms with Gasteiger partial charge >= 0.3 is 0 Å². The van der Waals surface area contributed by atoms with E-state index in [0.717, 1.165) is 16.8 Å². The summed E-state index contributed by atoms with van der Waals surface area (Å²) in [4.78, 5) is 11.8. The van der Waals surface area contributed by atoms with E-state index in [0.29, 0.717) is 5.69 Å². The molecule has 22 heavy (non-hydrogen) atoms. The predicted molar refractivity (Wildman–Crippen MR) is 78.5 cm³/mol. The second-order valence-electron chi connectivity index (χ2n) is 6.14. The van der Waals surface area contributed by atoms with E-state index in [1.165, 1.54) is 12.1 Å². The molecule has 0 bridgehead atoms. The number of nitrogens with zero attached hydrogens (tertiary/aromatic N) is 2. The molecule has 1 atom stereocenters. The summed E-state index contributed by atoms with van der Waals surface area (Å²) < 4.78 is 28.4. The Morgan fingerprint density at radius 3 is 2.32 bits per heavy atom. The van der Waals surface area contributed by atoms with E-state index in [1.807, 2.05) is 20.8 Å². The summed E-state index contributed by atoms with van der Waals surface area (Å²) in [6, 6.07) is 6.27. The summed E-state index contributed by atoms with van der Waals surface area (Å²) in [5.74, 6) is -1.71. The van der Waals surface area contributed by atoms with Crippen LogP contribution >= 0.6 is 0 Å². The maximum Gasteiger partial charge on any atom is 0.266 e. The molecule has 0 aliphatic heterocycles. The number of rotatable bonds is 3. The monoisotopic (exact) mass is 308 g/mol. The lowest BCUT2D eigenvalue weighted by molar-refractivity contribution is 0.139. The number of aromatic nitrogens is 2. The smallest absolute Gasteiger partial charge is 0.266 e. The Morgan fingerprint density at radius 1 is 1.18 bits per heavy atom. The van der Waals surface area contributed by atoms with Crippen LogP contribution in [0.3, 0.4) is 0 Å². The molecule has 0 aliphatic carbocycles. The highest BCUT2D eigenvalue weighted by atomic mass is 19.1. The first-order valence-corrected chi connectivity index (χ1v) is 6.91. The van der Waals surface area contributed by atoms with Crippen LogP contribution in [0.1, 0.15) is 38.1 Å². The zero-order valence-corrected chi connectivity index (χ0v) is 12.7. The van der Waals surface area contributed by atoms with Gasteiger partial charge < -0.3 is 5.11 Å². The molecule has 0 spiro atoms. The average molecular weight is 308 g/mol. The van der Waals surface area contributed by atoms with Gasteiger partial charge in [-0.3, -0.25) is 4.79 Å². The fraction of sp³-hybridized carbons (Fsp3) is 0.375. The zero-order valence-electron chi connectivity index (χ0n) is 12.7. The van der Waals surface area contributed by atoms with Crippen molar-refractivity contribution in [3.8, 4) is 0 Å². The number of hydrogen-bond acceptors (Lipinski definition) is 3. The van der Waals surface area contributed by atoms with Crippen molar-refractivity contribution in [2.45, 2.75) is 38.8 Å². The molecule has 0 fully saturated rings. The minimum absolute atomic E-state index is 0.288. The number of aliphatic hydroxyl groups is 1. The minimum Gasteiger partial charge on any atom is -0.386 e. The average Bonchev–Trinajstić information content (AvgIpc) is 2.39. The van der Waals surface area contributed by atoms with Gasteiger partial charge in [0.25, 0.3) is 5.56 Å². The highest BCUT2D eigenvalue weighted by molar-refractivity contribution is 5.22. The third-order valence-electron chi connectivity index (χ3n) is 3.31. The number of halogens is 2. The van der Waals surface area contributed by atoms with Crippen molar-refractivity contribution in [3.05, 3.63) is 63.6 Å². The first-order chi connectivity index (χ1) is 10.2. The molecule has 0 radical (unpaired) electrons. The van der Waals surface area contributed by atoms with Crippen molar-refractivity contribution in [3.63, 3.8) is 0 Å². The maximum absolute atomic E-state index is 13.7. The Hall–Kier alpha value is -2.08. The number of aliphatic hydroxyl groups excluding tert-OH is 1. The lowest BCUT2D eigenvalue weighted by Gasteiger charge is -2.19. The predicted octanol–water partition coefficient (Wildman–Crippen LogP) is 2.55. The minimum atomic E-state index is -1.50. The molecule has 1 aromatic heterocycles. The standard InChI is InChI=1S/C16H18F2N2O2/c1-16(2,3)13-7-8-14(22)20(19-13)9-12(21)15-10(17)5-4-6-11(15)18/h4-8,12,21H,9H2,1-3H3. The fourth-order valence-corrected chi connectivity index (χ4v) is 2.06. The summed E-state index contributed by atoms with van der Waals surface area (Å²) in [7, 11) is 0. The van der Waals surface area contributed by atoms with Crippen molar-refractivity contribution in [1.29, 1.82) is 0 Å². The van der Waals surface area contributed by atoms with Gasteiger partial charge in [-0.25, -0.2) is 13.5 Å². The van der Waals surface area contributed by atoms with Crippen LogP contribution in [0, 0.1) is 11.6 Å². The highest BCUT2D eigenvalue weighted by Crippen LogP contribution is 2.22. The zero-order chi connectivity index (χ0) is 16.5. The Morgan fingerprint density at radius 2 is 1.77 bits per heavy atom. The second kappa shape index (κ2) is 5.96. The molecular weight excluding hydrogens is 290 g/mol. The van der Waals surface area contributed by atoms with Gasteiger partial charge in [-0.1, -0.05) is 26.8 Å². The van der Waals surface area contributed by atoms with Crippen LogP contribution in [0.2, 0.25) is 0 Å². The first kappa shape index (κ1) is 16.3. The van der Waals surface area contributed by atoms with E-state index in [-0.39, 0.29) is 12.0 Å². The van der Waals surface area contributed by atoms with Crippen molar-refractivity contribution < 1.29 is 13.9 Å². The first-order valence-electron chi connectivity index (χ1n) is 6.91. The molecule has 4 nitrogen and oxygen atoms in total. The molecule has 0 saturated heterocycles. The third kappa shape index (κ3) is 3.39. The van der Waals surface area contributed by atoms with Gasteiger partial charge in [0.05, 0.1) is 17.8 Å². The molecule has 1 unspecified atom stereocenters. The summed E-state index contributed by atoms with van der Waals surface area (Å²) >= 11 is 0. The third-order valence-corrected chi connectivity index (χ3v) is 3.31. The number of hydrogen-bond donors (Lipinski definition) is 1. The molecule has 1 aromatic carbocycles. The van der Waals surface area contributed by atoms with Crippen LogP contribution in [0.5, 0.6) is 0 Å². The van der Waals surface area contributed by atoms with Gasteiger partial charge in [0.2, 0.25) is 0 Å². The Balaban J connectivity index is 2.36. The lowest BCUT2D eigenvalue weighted by Crippen LogP contribution is -2.29. The van der Waals surface area contributed by atoms with E-state index in [1.54, 1.807) is 6.07 Å². The molecule has 0 saturated carbocycles.